The highest BCUT2D eigenvalue weighted by atomic mass is 15.4. The van der Waals surface area contributed by atoms with Crippen molar-refractivity contribution in [1.29, 1.82) is 0 Å². The Balaban J connectivity index is 2.27. The Morgan fingerprint density at radius 2 is 2.18 bits per heavy atom. The highest BCUT2D eigenvalue weighted by Crippen LogP contribution is 2.12. The fraction of sp³-hybridized carbons (Fsp3) is 0.545. The molecule has 0 aliphatic rings. The molecule has 0 saturated carbocycles. The molecule has 0 saturated heterocycles. The average molecular weight is 234 g/mol. The fourth-order valence-corrected chi connectivity index (χ4v) is 1.68. The quantitative estimate of drug-likeness (QED) is 0.850. The summed E-state index contributed by atoms with van der Waals surface area (Å²) in [6.45, 7) is 6.95. The molecule has 2 heterocycles. The van der Waals surface area contributed by atoms with Gasteiger partial charge in [-0.2, -0.15) is 5.10 Å². The highest BCUT2D eigenvalue weighted by molar-refractivity contribution is 5.33. The van der Waals surface area contributed by atoms with Crippen molar-refractivity contribution in [2.45, 2.75) is 33.4 Å². The Morgan fingerprint density at radius 3 is 2.76 bits per heavy atom. The first-order valence-corrected chi connectivity index (χ1v) is 5.71. The second-order valence-corrected chi connectivity index (χ2v) is 4.45. The average Bonchev–Trinajstić information content (AvgIpc) is 2.81. The van der Waals surface area contributed by atoms with Crippen LogP contribution in [0.2, 0.25) is 0 Å². The second-order valence-electron chi connectivity index (χ2n) is 4.45. The molecular weight excluding hydrogens is 216 g/mol. The van der Waals surface area contributed by atoms with Crippen LogP contribution in [0.1, 0.15) is 25.2 Å². The van der Waals surface area contributed by atoms with Crippen molar-refractivity contribution in [2.24, 2.45) is 7.05 Å². The van der Waals surface area contributed by atoms with E-state index in [1.807, 2.05) is 24.9 Å². The third kappa shape index (κ3) is 2.52. The van der Waals surface area contributed by atoms with Gasteiger partial charge in [-0.15, -0.1) is 5.10 Å². The van der Waals surface area contributed by atoms with Crippen LogP contribution in [0.3, 0.4) is 0 Å². The second kappa shape index (κ2) is 4.67. The number of aryl methyl sites for hydroxylation is 2. The molecule has 0 amide bonds. The maximum Gasteiger partial charge on any atom is 0.108 e. The molecule has 0 bridgehead atoms. The van der Waals surface area contributed by atoms with Crippen LogP contribution in [0.4, 0.5) is 0 Å². The molecule has 0 spiro atoms. The fourth-order valence-electron chi connectivity index (χ4n) is 1.68. The zero-order valence-corrected chi connectivity index (χ0v) is 10.7. The lowest BCUT2D eigenvalue weighted by molar-refractivity contribution is 0.570. The lowest BCUT2D eigenvalue weighted by Gasteiger charge is -2.08. The summed E-state index contributed by atoms with van der Waals surface area (Å²) in [5, 5.41) is 15.7. The SMILES string of the molecule is Cc1nn(C)cc1-n1nncc1CNC(C)C. The molecule has 0 aliphatic heterocycles. The molecule has 2 aromatic rings. The van der Waals surface area contributed by atoms with Crippen LogP contribution in [-0.2, 0) is 13.6 Å². The number of hydrogen-bond acceptors (Lipinski definition) is 4. The maximum absolute atomic E-state index is 4.31. The molecule has 2 rings (SSSR count). The molecule has 0 atom stereocenters. The molecule has 0 fully saturated rings. The van der Waals surface area contributed by atoms with E-state index in [-0.39, 0.29) is 0 Å². The normalized spacial score (nSPS) is 11.4. The van der Waals surface area contributed by atoms with Crippen LogP contribution in [0, 0.1) is 6.92 Å². The van der Waals surface area contributed by atoms with Gasteiger partial charge in [0.2, 0.25) is 0 Å². The first-order valence-electron chi connectivity index (χ1n) is 5.71. The molecule has 2 aromatic heterocycles. The van der Waals surface area contributed by atoms with E-state index in [0.717, 1.165) is 23.6 Å². The minimum Gasteiger partial charge on any atom is -0.309 e. The van der Waals surface area contributed by atoms with Gasteiger partial charge in [0.15, 0.2) is 0 Å². The molecule has 1 N–H and O–H groups in total. The van der Waals surface area contributed by atoms with Crippen LogP contribution in [-0.4, -0.2) is 30.8 Å². The van der Waals surface area contributed by atoms with Crippen LogP contribution < -0.4 is 5.32 Å². The van der Waals surface area contributed by atoms with Gasteiger partial charge < -0.3 is 5.32 Å². The summed E-state index contributed by atoms with van der Waals surface area (Å²) < 4.78 is 3.61. The van der Waals surface area contributed by atoms with Gasteiger partial charge in [0.25, 0.3) is 0 Å². The summed E-state index contributed by atoms with van der Waals surface area (Å²) in [5.41, 5.74) is 2.96. The summed E-state index contributed by atoms with van der Waals surface area (Å²) in [6, 6.07) is 0.438. The number of hydrogen-bond donors (Lipinski definition) is 1. The van der Waals surface area contributed by atoms with E-state index in [4.69, 9.17) is 0 Å². The van der Waals surface area contributed by atoms with Crippen molar-refractivity contribution in [3.8, 4) is 5.69 Å². The third-order valence-electron chi connectivity index (χ3n) is 2.53. The standard InChI is InChI=1S/C11H18N6/c1-8(2)12-5-10-6-13-15-17(10)11-7-16(4)14-9(11)3/h6-8,12H,5H2,1-4H3. The van der Waals surface area contributed by atoms with Crippen LogP contribution in [0.5, 0.6) is 0 Å². The molecule has 0 unspecified atom stereocenters. The predicted molar refractivity (Wildman–Crippen MR) is 64.8 cm³/mol. The Bertz CT molecular complexity index is 496. The van der Waals surface area contributed by atoms with Crippen LogP contribution >= 0.6 is 0 Å². The van der Waals surface area contributed by atoms with Gasteiger partial charge in [-0.3, -0.25) is 4.68 Å². The number of nitrogens with zero attached hydrogens (tertiary/aromatic N) is 5. The number of aromatic nitrogens is 5. The Labute approximate surface area is 101 Å². The number of rotatable bonds is 4. The zero-order chi connectivity index (χ0) is 12.4. The maximum atomic E-state index is 4.31. The molecule has 6 heteroatoms. The van der Waals surface area contributed by atoms with Gasteiger partial charge in [0, 0.05) is 19.6 Å². The Kier molecular flexibility index (Phi) is 3.23. The van der Waals surface area contributed by atoms with E-state index in [0.29, 0.717) is 6.04 Å². The van der Waals surface area contributed by atoms with Crippen LogP contribution in [0.15, 0.2) is 12.4 Å². The third-order valence-corrected chi connectivity index (χ3v) is 2.53. The minimum atomic E-state index is 0.438. The van der Waals surface area contributed by atoms with Crippen molar-refractivity contribution in [2.75, 3.05) is 0 Å². The van der Waals surface area contributed by atoms with Crippen molar-refractivity contribution < 1.29 is 0 Å². The van der Waals surface area contributed by atoms with E-state index in [1.165, 1.54) is 0 Å². The molecule has 92 valence electrons. The summed E-state index contributed by atoms with van der Waals surface area (Å²) in [6.07, 6.45) is 3.73. The van der Waals surface area contributed by atoms with E-state index >= 15 is 0 Å². The highest BCUT2D eigenvalue weighted by Gasteiger charge is 2.11. The smallest absolute Gasteiger partial charge is 0.108 e. The van der Waals surface area contributed by atoms with E-state index in [1.54, 1.807) is 10.9 Å². The Morgan fingerprint density at radius 1 is 1.41 bits per heavy atom. The van der Waals surface area contributed by atoms with Gasteiger partial charge in [-0.05, 0) is 6.92 Å². The van der Waals surface area contributed by atoms with Crippen molar-refractivity contribution in [3.05, 3.63) is 23.8 Å². The monoisotopic (exact) mass is 234 g/mol. The minimum absolute atomic E-state index is 0.438. The summed E-state index contributed by atoms with van der Waals surface area (Å²) in [7, 11) is 1.90. The molecule has 17 heavy (non-hydrogen) atoms. The summed E-state index contributed by atoms with van der Waals surface area (Å²) in [5.74, 6) is 0. The Hall–Kier alpha value is -1.69. The largest absolute Gasteiger partial charge is 0.309 e. The lowest BCUT2D eigenvalue weighted by Crippen LogP contribution is -2.23. The zero-order valence-electron chi connectivity index (χ0n) is 10.7. The number of nitrogens with one attached hydrogen (secondary N) is 1. The van der Waals surface area contributed by atoms with E-state index in [9.17, 15) is 0 Å². The van der Waals surface area contributed by atoms with Crippen molar-refractivity contribution >= 4 is 0 Å². The topological polar surface area (TPSA) is 60.6 Å². The van der Waals surface area contributed by atoms with Gasteiger partial charge in [0.05, 0.1) is 23.8 Å². The van der Waals surface area contributed by atoms with Gasteiger partial charge in [-0.1, -0.05) is 19.1 Å². The summed E-state index contributed by atoms with van der Waals surface area (Å²) in [4.78, 5) is 0. The van der Waals surface area contributed by atoms with Gasteiger partial charge in [0.1, 0.15) is 5.69 Å². The molecule has 0 aromatic carbocycles. The van der Waals surface area contributed by atoms with E-state index in [2.05, 4.69) is 34.6 Å². The van der Waals surface area contributed by atoms with Crippen LogP contribution in [0.25, 0.3) is 5.69 Å². The predicted octanol–water partition coefficient (Wildman–Crippen LogP) is 0.807. The molecule has 0 aliphatic carbocycles. The first kappa shape index (κ1) is 11.8. The first-order chi connectivity index (χ1) is 8.08. The van der Waals surface area contributed by atoms with Gasteiger partial charge in [-0.25, -0.2) is 4.68 Å². The van der Waals surface area contributed by atoms with Gasteiger partial charge >= 0.3 is 0 Å². The van der Waals surface area contributed by atoms with Crippen molar-refractivity contribution in [3.63, 3.8) is 0 Å². The van der Waals surface area contributed by atoms with Crippen molar-refractivity contribution in [1.82, 2.24) is 30.1 Å². The molecular formula is C11H18N6. The molecule has 0 radical (unpaired) electrons. The lowest BCUT2D eigenvalue weighted by atomic mass is 10.3. The van der Waals surface area contributed by atoms with E-state index < -0.39 is 0 Å². The summed E-state index contributed by atoms with van der Waals surface area (Å²) >= 11 is 0. The molecule has 6 nitrogen and oxygen atoms in total.